The Hall–Kier alpha value is -1.34. The standard InChI is InChI=1S/C14H18F4N2O/c15-6-5-12(20-9-7-19-8-10-20)11-3-1-2-4-13(11)21-14(16,17)18/h1-4,12,19H,5-10H2/t12-/m1/s1. The minimum atomic E-state index is -4.75. The Morgan fingerprint density at radius 1 is 1.19 bits per heavy atom. The van der Waals surface area contributed by atoms with Gasteiger partial charge in [-0.2, -0.15) is 0 Å². The largest absolute Gasteiger partial charge is 0.573 e. The SMILES string of the molecule is FCC[C@H](c1ccccc1OC(F)(F)F)N1CCNCC1. The van der Waals surface area contributed by atoms with Crippen LogP contribution >= 0.6 is 0 Å². The van der Waals surface area contributed by atoms with Crippen molar-refractivity contribution in [3.63, 3.8) is 0 Å². The summed E-state index contributed by atoms with van der Waals surface area (Å²) in [6.45, 7) is 2.24. The van der Waals surface area contributed by atoms with Gasteiger partial charge in [-0.05, 0) is 12.5 Å². The van der Waals surface area contributed by atoms with E-state index in [1.165, 1.54) is 12.1 Å². The van der Waals surface area contributed by atoms with Crippen molar-refractivity contribution in [2.24, 2.45) is 0 Å². The molecule has 0 amide bonds. The van der Waals surface area contributed by atoms with Gasteiger partial charge in [0.2, 0.25) is 0 Å². The van der Waals surface area contributed by atoms with Crippen molar-refractivity contribution >= 4 is 0 Å². The molecule has 1 aliphatic heterocycles. The minimum absolute atomic E-state index is 0.151. The van der Waals surface area contributed by atoms with E-state index in [0.717, 1.165) is 13.1 Å². The molecule has 0 unspecified atom stereocenters. The molecule has 1 saturated heterocycles. The molecule has 0 spiro atoms. The zero-order valence-corrected chi connectivity index (χ0v) is 11.5. The number of para-hydroxylation sites is 1. The molecule has 1 aromatic rings. The second kappa shape index (κ2) is 7.09. The lowest BCUT2D eigenvalue weighted by atomic mass is 10.0. The molecule has 1 heterocycles. The van der Waals surface area contributed by atoms with Crippen LogP contribution < -0.4 is 10.1 Å². The number of hydrogen-bond acceptors (Lipinski definition) is 3. The second-order valence-corrected chi connectivity index (χ2v) is 4.87. The summed E-state index contributed by atoms with van der Waals surface area (Å²) in [5, 5.41) is 3.17. The van der Waals surface area contributed by atoms with Crippen molar-refractivity contribution in [2.75, 3.05) is 32.9 Å². The van der Waals surface area contributed by atoms with Gasteiger partial charge < -0.3 is 10.1 Å². The lowest BCUT2D eigenvalue weighted by molar-refractivity contribution is -0.275. The smallest absolute Gasteiger partial charge is 0.405 e. The number of hydrogen-bond donors (Lipinski definition) is 1. The van der Waals surface area contributed by atoms with E-state index in [1.54, 1.807) is 12.1 Å². The van der Waals surface area contributed by atoms with E-state index in [-0.39, 0.29) is 12.2 Å². The van der Waals surface area contributed by atoms with E-state index in [0.29, 0.717) is 18.7 Å². The summed E-state index contributed by atoms with van der Waals surface area (Å²) < 4.78 is 54.4. The molecular formula is C14H18F4N2O. The quantitative estimate of drug-likeness (QED) is 0.847. The third kappa shape index (κ3) is 4.57. The minimum Gasteiger partial charge on any atom is -0.405 e. The number of benzene rings is 1. The maximum Gasteiger partial charge on any atom is 0.573 e. The Morgan fingerprint density at radius 2 is 1.86 bits per heavy atom. The van der Waals surface area contributed by atoms with Gasteiger partial charge >= 0.3 is 6.36 Å². The third-order valence-electron chi connectivity index (χ3n) is 3.48. The summed E-state index contributed by atoms with van der Waals surface area (Å²) in [6.07, 6.45) is -4.60. The molecule has 0 aliphatic carbocycles. The van der Waals surface area contributed by atoms with Crippen LogP contribution in [-0.2, 0) is 0 Å². The molecule has 3 nitrogen and oxygen atoms in total. The van der Waals surface area contributed by atoms with Crippen LogP contribution in [0.5, 0.6) is 5.75 Å². The van der Waals surface area contributed by atoms with Gasteiger partial charge in [0.15, 0.2) is 0 Å². The van der Waals surface area contributed by atoms with E-state index >= 15 is 0 Å². The number of halogens is 4. The van der Waals surface area contributed by atoms with Crippen LogP contribution in [0.15, 0.2) is 24.3 Å². The lowest BCUT2D eigenvalue weighted by Gasteiger charge is -2.35. The van der Waals surface area contributed by atoms with Crippen molar-refractivity contribution < 1.29 is 22.3 Å². The van der Waals surface area contributed by atoms with Gasteiger partial charge in [0.1, 0.15) is 5.75 Å². The molecule has 0 radical (unpaired) electrons. The normalized spacial score (nSPS) is 18.5. The van der Waals surface area contributed by atoms with Crippen LogP contribution in [0.1, 0.15) is 18.0 Å². The molecule has 1 aliphatic rings. The van der Waals surface area contributed by atoms with Crippen LogP contribution in [0.3, 0.4) is 0 Å². The number of ether oxygens (including phenoxy) is 1. The zero-order valence-electron chi connectivity index (χ0n) is 11.5. The second-order valence-electron chi connectivity index (χ2n) is 4.87. The van der Waals surface area contributed by atoms with Crippen molar-refractivity contribution in [2.45, 2.75) is 18.8 Å². The van der Waals surface area contributed by atoms with E-state index in [1.807, 2.05) is 4.90 Å². The Balaban J connectivity index is 2.26. The first-order chi connectivity index (χ1) is 10.0. The molecule has 118 valence electrons. The first-order valence-corrected chi connectivity index (χ1v) is 6.86. The van der Waals surface area contributed by atoms with Gasteiger partial charge in [-0.1, -0.05) is 18.2 Å². The zero-order chi connectivity index (χ0) is 15.3. The van der Waals surface area contributed by atoms with Gasteiger partial charge in [0.25, 0.3) is 0 Å². The first kappa shape index (κ1) is 16.0. The number of piperazine rings is 1. The molecular weight excluding hydrogens is 288 g/mol. The molecule has 0 saturated carbocycles. The highest BCUT2D eigenvalue weighted by Gasteiger charge is 2.34. The van der Waals surface area contributed by atoms with Crippen molar-refractivity contribution in [1.82, 2.24) is 10.2 Å². The molecule has 1 aromatic carbocycles. The van der Waals surface area contributed by atoms with Gasteiger partial charge in [0.05, 0.1) is 6.67 Å². The van der Waals surface area contributed by atoms with E-state index in [4.69, 9.17) is 0 Å². The predicted octanol–water partition coefficient (Wildman–Crippen LogP) is 2.89. The van der Waals surface area contributed by atoms with Gasteiger partial charge in [0, 0.05) is 37.8 Å². The van der Waals surface area contributed by atoms with Crippen LogP contribution in [0, 0.1) is 0 Å². The number of nitrogens with zero attached hydrogens (tertiary/aromatic N) is 1. The molecule has 1 fully saturated rings. The fourth-order valence-corrected chi connectivity index (χ4v) is 2.61. The fraction of sp³-hybridized carbons (Fsp3) is 0.571. The van der Waals surface area contributed by atoms with Gasteiger partial charge in [-0.15, -0.1) is 13.2 Å². The molecule has 1 atom stereocenters. The molecule has 21 heavy (non-hydrogen) atoms. The summed E-state index contributed by atoms with van der Waals surface area (Å²) >= 11 is 0. The predicted molar refractivity (Wildman–Crippen MR) is 70.9 cm³/mol. The topological polar surface area (TPSA) is 24.5 Å². The summed E-state index contributed by atoms with van der Waals surface area (Å²) in [6, 6.07) is 5.57. The maximum atomic E-state index is 12.8. The molecule has 7 heteroatoms. The fourth-order valence-electron chi connectivity index (χ4n) is 2.61. The Bertz CT molecular complexity index is 447. The lowest BCUT2D eigenvalue weighted by Crippen LogP contribution is -2.45. The van der Waals surface area contributed by atoms with Crippen molar-refractivity contribution in [3.8, 4) is 5.75 Å². The number of alkyl halides is 4. The summed E-state index contributed by atoms with van der Waals surface area (Å²) in [7, 11) is 0. The monoisotopic (exact) mass is 306 g/mol. The third-order valence-corrected chi connectivity index (χ3v) is 3.48. The molecule has 0 bridgehead atoms. The average molecular weight is 306 g/mol. The summed E-state index contributed by atoms with van der Waals surface area (Å²) in [5.74, 6) is -0.248. The Morgan fingerprint density at radius 3 is 2.48 bits per heavy atom. The van der Waals surface area contributed by atoms with E-state index < -0.39 is 19.1 Å². The Labute approximate surface area is 120 Å². The highest BCUT2D eigenvalue weighted by Crippen LogP contribution is 2.35. The molecule has 2 rings (SSSR count). The van der Waals surface area contributed by atoms with Crippen LogP contribution in [0.25, 0.3) is 0 Å². The first-order valence-electron chi connectivity index (χ1n) is 6.86. The Kier molecular flexibility index (Phi) is 5.41. The average Bonchev–Trinajstić information content (AvgIpc) is 2.45. The highest BCUT2D eigenvalue weighted by atomic mass is 19.4. The number of nitrogens with one attached hydrogen (secondary N) is 1. The van der Waals surface area contributed by atoms with Crippen molar-refractivity contribution in [3.05, 3.63) is 29.8 Å². The van der Waals surface area contributed by atoms with Crippen LogP contribution in [0.4, 0.5) is 17.6 Å². The molecule has 0 aromatic heterocycles. The van der Waals surface area contributed by atoms with Gasteiger partial charge in [-0.3, -0.25) is 9.29 Å². The van der Waals surface area contributed by atoms with Crippen molar-refractivity contribution in [1.29, 1.82) is 0 Å². The molecule has 1 N–H and O–H groups in total. The van der Waals surface area contributed by atoms with Gasteiger partial charge in [-0.25, -0.2) is 0 Å². The van der Waals surface area contributed by atoms with Crippen LogP contribution in [0.2, 0.25) is 0 Å². The van der Waals surface area contributed by atoms with E-state index in [9.17, 15) is 17.6 Å². The highest BCUT2D eigenvalue weighted by molar-refractivity contribution is 5.36. The number of rotatable bonds is 5. The summed E-state index contributed by atoms with van der Waals surface area (Å²) in [5.41, 5.74) is 0.384. The summed E-state index contributed by atoms with van der Waals surface area (Å²) in [4.78, 5) is 1.99. The maximum absolute atomic E-state index is 12.8. The van der Waals surface area contributed by atoms with Crippen LogP contribution in [-0.4, -0.2) is 44.1 Å². The van der Waals surface area contributed by atoms with E-state index in [2.05, 4.69) is 10.1 Å².